The van der Waals surface area contributed by atoms with E-state index >= 15 is 0 Å². The fraction of sp³-hybridized carbons (Fsp3) is 0.176. The monoisotopic (exact) mass is 284 g/mol. The van der Waals surface area contributed by atoms with Gasteiger partial charge in [-0.15, -0.1) is 0 Å². The molecule has 21 heavy (non-hydrogen) atoms. The van der Waals surface area contributed by atoms with Crippen molar-refractivity contribution in [2.45, 2.75) is 20.0 Å². The number of ether oxygens (including phenoxy) is 2. The lowest BCUT2D eigenvalue weighted by molar-refractivity contribution is -0.131. The number of esters is 2. The molecule has 2 aromatic rings. The van der Waals surface area contributed by atoms with Gasteiger partial charge in [-0.3, -0.25) is 4.79 Å². The largest absolute Gasteiger partial charge is 0.454 e. The number of hydrogen-bond acceptors (Lipinski definition) is 4. The molecule has 0 heterocycles. The highest BCUT2D eigenvalue weighted by Gasteiger charge is 2.14. The number of benzene rings is 2. The highest BCUT2D eigenvalue weighted by molar-refractivity contribution is 5.89. The highest BCUT2D eigenvalue weighted by Crippen LogP contribution is 2.23. The van der Waals surface area contributed by atoms with E-state index in [1.54, 1.807) is 49.4 Å². The predicted octanol–water partition coefficient (Wildman–Crippen LogP) is 3.53. The Morgan fingerprint density at radius 2 is 1.71 bits per heavy atom. The number of rotatable bonds is 4. The maximum atomic E-state index is 12.0. The van der Waals surface area contributed by atoms with Crippen LogP contribution in [0.1, 0.15) is 35.9 Å². The molecule has 0 N–H and O–H groups in total. The fourth-order valence-corrected chi connectivity index (χ4v) is 1.87. The SMILES string of the molecule is CC(=O)Oc1cccc(C(C)OC(=O)c2ccccc2)c1. The van der Waals surface area contributed by atoms with Crippen LogP contribution < -0.4 is 4.74 Å². The summed E-state index contributed by atoms with van der Waals surface area (Å²) in [7, 11) is 0. The Hall–Kier alpha value is -2.62. The molecular weight excluding hydrogens is 268 g/mol. The third-order valence-corrected chi connectivity index (χ3v) is 2.88. The zero-order chi connectivity index (χ0) is 15.2. The summed E-state index contributed by atoms with van der Waals surface area (Å²) in [6.45, 7) is 3.11. The van der Waals surface area contributed by atoms with E-state index in [9.17, 15) is 9.59 Å². The smallest absolute Gasteiger partial charge is 0.338 e. The van der Waals surface area contributed by atoms with E-state index in [1.165, 1.54) is 6.92 Å². The average Bonchev–Trinajstić information content (AvgIpc) is 2.47. The Labute approximate surface area is 123 Å². The summed E-state index contributed by atoms with van der Waals surface area (Å²) < 4.78 is 10.4. The van der Waals surface area contributed by atoms with Gasteiger partial charge in [0.1, 0.15) is 11.9 Å². The van der Waals surface area contributed by atoms with Crippen LogP contribution in [0.5, 0.6) is 5.75 Å². The third kappa shape index (κ3) is 4.18. The van der Waals surface area contributed by atoms with Crippen molar-refractivity contribution in [1.29, 1.82) is 0 Å². The summed E-state index contributed by atoms with van der Waals surface area (Å²) in [6, 6.07) is 15.7. The zero-order valence-electron chi connectivity index (χ0n) is 11.9. The summed E-state index contributed by atoms with van der Waals surface area (Å²) in [5.74, 6) is -0.343. The molecule has 0 aliphatic rings. The van der Waals surface area contributed by atoms with E-state index in [0.717, 1.165) is 5.56 Å². The molecule has 2 rings (SSSR count). The normalized spacial score (nSPS) is 11.5. The topological polar surface area (TPSA) is 52.6 Å². The lowest BCUT2D eigenvalue weighted by atomic mass is 10.1. The van der Waals surface area contributed by atoms with Gasteiger partial charge in [0.2, 0.25) is 0 Å². The van der Waals surface area contributed by atoms with Crippen molar-refractivity contribution < 1.29 is 19.1 Å². The Kier molecular flexibility index (Phi) is 4.72. The van der Waals surface area contributed by atoms with Gasteiger partial charge in [-0.05, 0) is 36.8 Å². The van der Waals surface area contributed by atoms with Crippen molar-refractivity contribution in [3.05, 3.63) is 65.7 Å². The van der Waals surface area contributed by atoms with Gasteiger partial charge in [0.05, 0.1) is 5.56 Å². The summed E-state index contributed by atoms with van der Waals surface area (Å²) >= 11 is 0. The van der Waals surface area contributed by atoms with Gasteiger partial charge < -0.3 is 9.47 Å². The van der Waals surface area contributed by atoms with Crippen LogP contribution in [0.4, 0.5) is 0 Å². The quantitative estimate of drug-likeness (QED) is 0.636. The number of hydrogen-bond donors (Lipinski definition) is 0. The minimum atomic E-state index is -0.437. The van der Waals surface area contributed by atoms with E-state index < -0.39 is 6.10 Å². The summed E-state index contributed by atoms with van der Waals surface area (Å²) in [4.78, 5) is 22.9. The van der Waals surface area contributed by atoms with E-state index in [2.05, 4.69) is 0 Å². The molecule has 0 amide bonds. The molecule has 0 saturated heterocycles. The highest BCUT2D eigenvalue weighted by atomic mass is 16.5. The van der Waals surface area contributed by atoms with Crippen LogP contribution in [0.3, 0.4) is 0 Å². The van der Waals surface area contributed by atoms with Gasteiger partial charge in [-0.2, -0.15) is 0 Å². The van der Waals surface area contributed by atoms with Gasteiger partial charge in [0.15, 0.2) is 0 Å². The molecule has 108 valence electrons. The zero-order valence-corrected chi connectivity index (χ0v) is 11.9. The van der Waals surface area contributed by atoms with E-state index in [-0.39, 0.29) is 11.9 Å². The van der Waals surface area contributed by atoms with E-state index in [0.29, 0.717) is 11.3 Å². The Morgan fingerprint density at radius 1 is 1.00 bits per heavy atom. The molecule has 1 atom stereocenters. The second-order valence-corrected chi connectivity index (χ2v) is 4.58. The van der Waals surface area contributed by atoms with Crippen molar-refractivity contribution in [1.82, 2.24) is 0 Å². The fourth-order valence-electron chi connectivity index (χ4n) is 1.87. The minimum Gasteiger partial charge on any atom is -0.454 e. The first kappa shape index (κ1) is 14.8. The van der Waals surface area contributed by atoms with Crippen LogP contribution in [-0.4, -0.2) is 11.9 Å². The van der Waals surface area contributed by atoms with Gasteiger partial charge in [0.25, 0.3) is 0 Å². The van der Waals surface area contributed by atoms with Crippen LogP contribution in [-0.2, 0) is 9.53 Å². The molecule has 0 aromatic heterocycles. The van der Waals surface area contributed by atoms with E-state index in [4.69, 9.17) is 9.47 Å². The third-order valence-electron chi connectivity index (χ3n) is 2.88. The molecule has 1 unspecified atom stereocenters. The second-order valence-electron chi connectivity index (χ2n) is 4.58. The molecule has 4 heteroatoms. The molecule has 2 aromatic carbocycles. The number of carbonyl (C=O) groups excluding carboxylic acids is 2. The summed E-state index contributed by atoms with van der Waals surface area (Å²) in [5.41, 5.74) is 1.26. The first-order valence-corrected chi connectivity index (χ1v) is 6.60. The molecule has 4 nitrogen and oxygen atoms in total. The van der Waals surface area contributed by atoms with Gasteiger partial charge in [-0.25, -0.2) is 4.79 Å². The van der Waals surface area contributed by atoms with Crippen LogP contribution in [0.2, 0.25) is 0 Å². The lowest BCUT2D eigenvalue weighted by Crippen LogP contribution is -2.09. The van der Waals surface area contributed by atoms with Crippen LogP contribution in [0.25, 0.3) is 0 Å². The Morgan fingerprint density at radius 3 is 2.38 bits per heavy atom. The van der Waals surface area contributed by atoms with E-state index in [1.807, 2.05) is 12.1 Å². The maximum Gasteiger partial charge on any atom is 0.338 e. The Balaban J connectivity index is 2.08. The maximum absolute atomic E-state index is 12.0. The molecule has 0 fully saturated rings. The lowest BCUT2D eigenvalue weighted by Gasteiger charge is -2.14. The van der Waals surface area contributed by atoms with Crippen molar-refractivity contribution in [3.8, 4) is 5.75 Å². The molecule has 0 spiro atoms. The van der Waals surface area contributed by atoms with Gasteiger partial charge in [0, 0.05) is 6.92 Å². The second kappa shape index (κ2) is 6.70. The van der Waals surface area contributed by atoms with Crippen LogP contribution in [0.15, 0.2) is 54.6 Å². The first-order valence-electron chi connectivity index (χ1n) is 6.60. The van der Waals surface area contributed by atoms with Crippen molar-refractivity contribution in [2.75, 3.05) is 0 Å². The first-order chi connectivity index (χ1) is 10.1. The molecule has 0 bridgehead atoms. The number of carbonyl (C=O) groups is 2. The van der Waals surface area contributed by atoms with Crippen LogP contribution >= 0.6 is 0 Å². The Bertz CT molecular complexity index is 634. The molecule has 0 saturated carbocycles. The average molecular weight is 284 g/mol. The van der Waals surface area contributed by atoms with Gasteiger partial charge >= 0.3 is 11.9 Å². The molecule has 0 aliphatic heterocycles. The predicted molar refractivity (Wildman–Crippen MR) is 78.0 cm³/mol. The van der Waals surface area contributed by atoms with Crippen molar-refractivity contribution >= 4 is 11.9 Å². The minimum absolute atomic E-state index is 0.388. The molecule has 0 aliphatic carbocycles. The summed E-state index contributed by atoms with van der Waals surface area (Å²) in [5, 5.41) is 0. The standard InChI is InChI=1S/C17H16O4/c1-12(20-17(19)14-7-4-3-5-8-14)15-9-6-10-16(11-15)21-13(2)18/h3-12H,1-2H3. The van der Waals surface area contributed by atoms with Crippen LogP contribution in [0, 0.1) is 0 Å². The van der Waals surface area contributed by atoms with Gasteiger partial charge in [-0.1, -0.05) is 30.3 Å². The molecule has 0 radical (unpaired) electrons. The summed E-state index contributed by atoms with van der Waals surface area (Å²) in [6.07, 6.45) is -0.437. The molecular formula is C17H16O4. The van der Waals surface area contributed by atoms with Crippen molar-refractivity contribution in [3.63, 3.8) is 0 Å². The van der Waals surface area contributed by atoms with Crippen molar-refractivity contribution in [2.24, 2.45) is 0 Å².